The first kappa shape index (κ1) is 16.0. The summed E-state index contributed by atoms with van der Waals surface area (Å²) < 4.78 is 17.4. The second-order valence-electron chi connectivity index (χ2n) is 6.80. The molecule has 0 bridgehead atoms. The van der Waals surface area contributed by atoms with Crippen LogP contribution in [0.4, 0.5) is 0 Å². The molecule has 0 aliphatic carbocycles. The smallest absolute Gasteiger partial charge is 0.467 e. The molecule has 1 fully saturated rings. The lowest BCUT2D eigenvalue weighted by Crippen LogP contribution is -2.41. The van der Waals surface area contributed by atoms with Crippen molar-refractivity contribution in [3.8, 4) is 0 Å². The van der Waals surface area contributed by atoms with E-state index in [4.69, 9.17) is 13.7 Å². The molecule has 0 radical (unpaired) electrons. The highest BCUT2D eigenvalue weighted by atomic mass is 16.7. The van der Waals surface area contributed by atoms with Crippen LogP contribution < -0.4 is 5.46 Å². The first-order chi connectivity index (χ1) is 10.9. The van der Waals surface area contributed by atoms with Gasteiger partial charge in [0.15, 0.2) is 0 Å². The van der Waals surface area contributed by atoms with Crippen molar-refractivity contribution in [2.75, 3.05) is 0 Å². The lowest BCUT2D eigenvalue weighted by atomic mass is 9.79. The summed E-state index contributed by atoms with van der Waals surface area (Å²) in [5, 5.41) is 0. The maximum absolute atomic E-state index is 6.05. The van der Waals surface area contributed by atoms with Gasteiger partial charge in [-0.05, 0) is 50.9 Å². The van der Waals surface area contributed by atoms with E-state index in [0.29, 0.717) is 6.54 Å². The molecule has 0 spiro atoms. The summed E-state index contributed by atoms with van der Waals surface area (Å²) in [5.74, 6) is 0.857. The van der Waals surface area contributed by atoms with Gasteiger partial charge in [-0.2, -0.15) is 0 Å². The largest absolute Gasteiger partial charge is 0.494 e. The lowest BCUT2D eigenvalue weighted by molar-refractivity contribution is 0.00578. The Kier molecular flexibility index (Phi) is 4.17. The number of furan rings is 1. The van der Waals surface area contributed by atoms with Crippen LogP contribution in [0.5, 0.6) is 0 Å². The zero-order chi connectivity index (χ0) is 16.5. The van der Waals surface area contributed by atoms with E-state index in [1.165, 1.54) is 0 Å². The van der Waals surface area contributed by atoms with Crippen molar-refractivity contribution in [2.24, 2.45) is 4.99 Å². The minimum atomic E-state index is -0.325. The zero-order valence-electron chi connectivity index (χ0n) is 14.1. The molecule has 3 rings (SSSR count). The molecule has 0 unspecified atom stereocenters. The summed E-state index contributed by atoms with van der Waals surface area (Å²) >= 11 is 0. The van der Waals surface area contributed by atoms with Crippen molar-refractivity contribution in [3.63, 3.8) is 0 Å². The third-order valence-electron chi connectivity index (χ3n) is 4.53. The molecule has 23 heavy (non-hydrogen) atoms. The maximum atomic E-state index is 6.05. The van der Waals surface area contributed by atoms with E-state index in [9.17, 15) is 0 Å². The number of rotatable bonds is 4. The molecule has 0 N–H and O–H groups in total. The summed E-state index contributed by atoms with van der Waals surface area (Å²) in [4.78, 5) is 4.38. The van der Waals surface area contributed by atoms with E-state index < -0.39 is 0 Å². The Hall–Kier alpha value is -1.85. The molecule has 1 aliphatic rings. The first-order valence-corrected chi connectivity index (χ1v) is 7.85. The Morgan fingerprint density at radius 1 is 1.00 bits per heavy atom. The second kappa shape index (κ2) is 5.98. The summed E-state index contributed by atoms with van der Waals surface area (Å²) in [6, 6.07) is 11.9. The van der Waals surface area contributed by atoms with E-state index in [-0.39, 0.29) is 18.3 Å². The van der Waals surface area contributed by atoms with Crippen LogP contribution in [0.3, 0.4) is 0 Å². The summed E-state index contributed by atoms with van der Waals surface area (Å²) in [6.45, 7) is 8.78. The molecule has 0 saturated carbocycles. The Morgan fingerprint density at radius 2 is 1.65 bits per heavy atom. The van der Waals surface area contributed by atoms with Crippen molar-refractivity contribution >= 4 is 18.8 Å². The fourth-order valence-electron chi connectivity index (χ4n) is 2.36. The molecule has 0 atom stereocenters. The predicted molar refractivity (Wildman–Crippen MR) is 92.2 cm³/mol. The average Bonchev–Trinajstić information content (AvgIpc) is 3.06. The van der Waals surface area contributed by atoms with Crippen molar-refractivity contribution in [3.05, 3.63) is 54.0 Å². The van der Waals surface area contributed by atoms with E-state index in [0.717, 1.165) is 16.8 Å². The predicted octanol–water partition coefficient (Wildman–Crippen LogP) is 3.20. The average molecular weight is 311 g/mol. The monoisotopic (exact) mass is 311 g/mol. The highest BCUT2D eigenvalue weighted by Gasteiger charge is 2.51. The second-order valence-corrected chi connectivity index (χ2v) is 6.80. The molecule has 1 aromatic carbocycles. The normalized spacial score (nSPS) is 19.6. The summed E-state index contributed by atoms with van der Waals surface area (Å²) in [5.41, 5.74) is 1.42. The van der Waals surface area contributed by atoms with Crippen LogP contribution >= 0.6 is 0 Å². The maximum Gasteiger partial charge on any atom is 0.494 e. The van der Waals surface area contributed by atoms with Gasteiger partial charge in [0.25, 0.3) is 0 Å². The third-order valence-corrected chi connectivity index (χ3v) is 4.53. The van der Waals surface area contributed by atoms with Gasteiger partial charge < -0.3 is 13.7 Å². The minimum Gasteiger partial charge on any atom is -0.467 e. The Bertz CT molecular complexity index is 659. The molecule has 1 aliphatic heterocycles. The van der Waals surface area contributed by atoms with Crippen LogP contribution in [0.2, 0.25) is 0 Å². The number of benzene rings is 1. The van der Waals surface area contributed by atoms with Crippen molar-refractivity contribution < 1.29 is 13.7 Å². The van der Waals surface area contributed by atoms with Gasteiger partial charge in [0.1, 0.15) is 5.76 Å². The summed E-state index contributed by atoms with van der Waals surface area (Å²) in [6.07, 6.45) is 3.50. The number of nitrogens with zero attached hydrogens (tertiary/aromatic N) is 1. The fraction of sp³-hybridized carbons (Fsp3) is 0.389. The molecular weight excluding hydrogens is 289 g/mol. The van der Waals surface area contributed by atoms with Crippen molar-refractivity contribution in [1.29, 1.82) is 0 Å². The number of hydrogen-bond acceptors (Lipinski definition) is 4. The lowest BCUT2D eigenvalue weighted by Gasteiger charge is -2.32. The van der Waals surface area contributed by atoms with Gasteiger partial charge in [-0.1, -0.05) is 24.3 Å². The Labute approximate surface area is 137 Å². The van der Waals surface area contributed by atoms with Crippen molar-refractivity contribution in [2.45, 2.75) is 45.4 Å². The van der Waals surface area contributed by atoms with Gasteiger partial charge in [0.2, 0.25) is 0 Å². The van der Waals surface area contributed by atoms with E-state index in [1.807, 2.05) is 42.6 Å². The van der Waals surface area contributed by atoms with Crippen LogP contribution in [-0.2, 0) is 15.9 Å². The van der Waals surface area contributed by atoms with Gasteiger partial charge in [-0.3, -0.25) is 4.99 Å². The van der Waals surface area contributed by atoms with Crippen LogP contribution in [0, 0.1) is 0 Å². The fourth-order valence-corrected chi connectivity index (χ4v) is 2.36. The first-order valence-electron chi connectivity index (χ1n) is 7.85. The van der Waals surface area contributed by atoms with Gasteiger partial charge in [0, 0.05) is 6.21 Å². The van der Waals surface area contributed by atoms with Crippen LogP contribution in [0.15, 0.2) is 52.1 Å². The highest BCUT2D eigenvalue weighted by Crippen LogP contribution is 2.36. The highest BCUT2D eigenvalue weighted by molar-refractivity contribution is 6.62. The molecule has 0 amide bonds. The van der Waals surface area contributed by atoms with E-state index in [1.54, 1.807) is 6.26 Å². The Balaban J connectivity index is 1.65. The quantitative estimate of drug-likeness (QED) is 0.643. The SMILES string of the molecule is CC1(C)OB(c2ccc(C=NCc3ccco3)cc2)OC1(C)C. The standard InChI is InChI=1S/C18H22BNO3/c1-17(2)18(3,4)23-19(22-17)15-9-7-14(8-10-15)12-20-13-16-6-5-11-21-16/h5-12H,13H2,1-4H3. The van der Waals surface area contributed by atoms with Gasteiger partial charge in [-0.15, -0.1) is 0 Å². The molecule has 5 heteroatoms. The van der Waals surface area contributed by atoms with Gasteiger partial charge >= 0.3 is 7.12 Å². The van der Waals surface area contributed by atoms with E-state index in [2.05, 4.69) is 32.7 Å². The Morgan fingerprint density at radius 3 is 2.22 bits per heavy atom. The van der Waals surface area contributed by atoms with Gasteiger partial charge in [0.05, 0.1) is 24.0 Å². The molecule has 1 aromatic heterocycles. The van der Waals surface area contributed by atoms with Crippen LogP contribution in [0.25, 0.3) is 0 Å². The number of hydrogen-bond donors (Lipinski definition) is 0. The van der Waals surface area contributed by atoms with Crippen LogP contribution in [0.1, 0.15) is 39.0 Å². The molecule has 1 saturated heterocycles. The van der Waals surface area contributed by atoms with Crippen LogP contribution in [-0.4, -0.2) is 24.5 Å². The molecule has 2 aromatic rings. The molecular formula is C18H22BNO3. The van der Waals surface area contributed by atoms with Gasteiger partial charge in [-0.25, -0.2) is 0 Å². The molecule has 120 valence electrons. The zero-order valence-corrected chi connectivity index (χ0v) is 14.1. The molecule has 4 nitrogen and oxygen atoms in total. The summed E-state index contributed by atoms with van der Waals surface area (Å²) in [7, 11) is -0.325. The van der Waals surface area contributed by atoms with E-state index >= 15 is 0 Å². The topological polar surface area (TPSA) is 44.0 Å². The minimum absolute atomic E-state index is 0.319. The van der Waals surface area contributed by atoms with Crippen molar-refractivity contribution in [1.82, 2.24) is 0 Å². The molecule has 2 heterocycles. The number of aliphatic imine (C=N–C) groups is 1. The third kappa shape index (κ3) is 3.41.